The minimum Gasteiger partial charge on any atom is -0.369 e. The Bertz CT molecular complexity index is 1010. The molecule has 12 heteroatoms. The molecule has 1 atom stereocenters. The van der Waals surface area contributed by atoms with Gasteiger partial charge in [0.15, 0.2) is 0 Å². The van der Waals surface area contributed by atoms with Crippen LogP contribution >= 0.6 is 22.1 Å². The number of anilines is 1. The number of carbonyl (C=O) groups is 1. The third kappa shape index (κ3) is 3.65. The number of hydrogen-bond acceptors (Lipinski definition) is 10. The maximum Gasteiger partial charge on any atom is 0.275 e. The molecule has 0 bridgehead atoms. The lowest BCUT2D eigenvalue weighted by Crippen LogP contribution is -2.47. The van der Waals surface area contributed by atoms with Gasteiger partial charge in [-0.2, -0.15) is 5.26 Å². The molecule has 3 heterocycles. The number of carbonyl (C=O) groups excluding carboxylic acids is 1. The van der Waals surface area contributed by atoms with Crippen molar-refractivity contribution in [2.45, 2.75) is 19.4 Å². The van der Waals surface area contributed by atoms with Crippen molar-refractivity contribution < 1.29 is 13.9 Å². The van der Waals surface area contributed by atoms with Crippen LogP contribution in [0.1, 0.15) is 33.5 Å². The third-order valence-corrected chi connectivity index (χ3v) is 7.34. The van der Waals surface area contributed by atoms with E-state index >= 15 is 0 Å². The molecule has 10 nitrogen and oxygen atoms in total. The van der Waals surface area contributed by atoms with Crippen LogP contribution in [0.3, 0.4) is 0 Å². The molecule has 2 aromatic rings. The molecule has 0 fully saturated rings. The molecule has 0 saturated heterocycles. The molecule has 0 radical (unpaired) electrons. The van der Waals surface area contributed by atoms with Gasteiger partial charge in [0.05, 0.1) is 11.3 Å². The van der Waals surface area contributed by atoms with Crippen LogP contribution in [0.4, 0.5) is 5.82 Å². The van der Waals surface area contributed by atoms with Gasteiger partial charge in [0, 0.05) is 18.6 Å². The average molecular weight is 422 g/mol. The number of hydrogen-bond donors (Lipinski definition) is 4. The summed E-state index contributed by atoms with van der Waals surface area (Å²) in [4.78, 5) is 25.2. The number of nitrogens with two attached hydrogens (primary N) is 1. The van der Waals surface area contributed by atoms with Crippen LogP contribution < -0.4 is 11.1 Å². The van der Waals surface area contributed by atoms with Gasteiger partial charge in [0.2, 0.25) is 5.96 Å². The lowest BCUT2D eigenvalue weighted by atomic mass is 10.1. The Balaban J connectivity index is 1.83. The van der Waals surface area contributed by atoms with Crippen molar-refractivity contribution >= 4 is 39.8 Å². The van der Waals surface area contributed by atoms with Crippen LogP contribution in [0.2, 0.25) is 0 Å². The highest BCUT2D eigenvalue weighted by molar-refractivity contribution is 8.22. The van der Waals surface area contributed by atoms with Crippen molar-refractivity contribution in [2.24, 2.45) is 10.7 Å². The maximum absolute atomic E-state index is 12.5. The smallest absolute Gasteiger partial charge is 0.275 e. The lowest BCUT2D eigenvalue weighted by molar-refractivity contribution is 0.102. The van der Waals surface area contributed by atoms with Gasteiger partial charge >= 0.3 is 0 Å². The molecule has 5 N–H and O–H groups in total. The number of amides is 1. The Morgan fingerprint density at radius 3 is 2.86 bits per heavy atom. The summed E-state index contributed by atoms with van der Waals surface area (Å²) in [5.74, 6) is -0.221. The predicted octanol–water partition coefficient (Wildman–Crippen LogP) is 2.11. The minimum absolute atomic E-state index is 0.00643. The van der Waals surface area contributed by atoms with Crippen molar-refractivity contribution in [1.82, 2.24) is 14.3 Å². The van der Waals surface area contributed by atoms with Gasteiger partial charge < -0.3 is 11.1 Å². The van der Waals surface area contributed by atoms with Gasteiger partial charge in [-0.15, -0.1) is 22.1 Å². The van der Waals surface area contributed by atoms with E-state index in [1.165, 1.54) is 24.6 Å². The Morgan fingerprint density at radius 1 is 1.54 bits per heavy atom. The summed E-state index contributed by atoms with van der Waals surface area (Å²) < 4.78 is 21.7. The number of aryl methyl sites for hydroxylation is 1. The summed E-state index contributed by atoms with van der Waals surface area (Å²) in [6.45, 7) is 3.40. The summed E-state index contributed by atoms with van der Waals surface area (Å²) in [6.07, 6.45) is 1.33. The molecular formula is C16H19N7O3S2. The van der Waals surface area contributed by atoms with E-state index in [9.17, 15) is 13.9 Å². The van der Waals surface area contributed by atoms with Crippen LogP contribution in [0.15, 0.2) is 22.6 Å². The van der Waals surface area contributed by atoms with Crippen LogP contribution in [0, 0.1) is 18.3 Å². The fourth-order valence-corrected chi connectivity index (χ4v) is 5.15. The van der Waals surface area contributed by atoms with Crippen LogP contribution in [-0.4, -0.2) is 48.0 Å². The molecule has 1 amide bonds. The number of aromatic nitrogens is 2. The Labute approximate surface area is 167 Å². The number of rotatable bonds is 3. The van der Waals surface area contributed by atoms with Gasteiger partial charge in [-0.05, 0) is 25.5 Å². The van der Waals surface area contributed by atoms with E-state index in [-0.39, 0.29) is 17.4 Å². The first-order chi connectivity index (χ1) is 13.1. The Hall–Kier alpha value is -2.72. The molecular weight excluding hydrogens is 402 g/mol. The molecule has 148 valence electrons. The van der Waals surface area contributed by atoms with Crippen molar-refractivity contribution in [3.63, 3.8) is 0 Å². The molecule has 0 saturated carbocycles. The highest BCUT2D eigenvalue weighted by atomic mass is 32.3. The second-order valence-electron chi connectivity index (χ2n) is 6.51. The first kappa shape index (κ1) is 20.0. The fraction of sp³-hybridized carbons (Fsp3) is 0.312. The van der Waals surface area contributed by atoms with E-state index < -0.39 is 22.2 Å². The summed E-state index contributed by atoms with van der Waals surface area (Å²) in [5, 5.41) is 13.7. The van der Waals surface area contributed by atoms with E-state index in [2.05, 4.69) is 20.3 Å². The van der Waals surface area contributed by atoms with E-state index in [0.717, 1.165) is 4.31 Å². The van der Waals surface area contributed by atoms with Gasteiger partial charge in [0.1, 0.15) is 28.1 Å². The predicted molar refractivity (Wildman–Crippen MR) is 108 cm³/mol. The summed E-state index contributed by atoms with van der Waals surface area (Å²) in [7, 11) is -1.65. The summed E-state index contributed by atoms with van der Waals surface area (Å²) in [5.41, 5.74) is 5.93. The SMILES string of the molecule is Cc1cc(C#N)cnc1C(=O)Nc1csc([C@]2(C)CS(O)(O)N(C)C(N)=N2)n1. The van der Waals surface area contributed by atoms with Crippen molar-refractivity contribution in [1.29, 1.82) is 5.26 Å². The minimum atomic E-state index is -3.11. The van der Waals surface area contributed by atoms with Gasteiger partial charge in [0.25, 0.3) is 5.91 Å². The van der Waals surface area contributed by atoms with Gasteiger partial charge in [-0.1, -0.05) is 0 Å². The molecule has 2 aromatic heterocycles. The van der Waals surface area contributed by atoms with E-state index in [1.54, 1.807) is 25.3 Å². The highest BCUT2D eigenvalue weighted by Gasteiger charge is 2.42. The maximum atomic E-state index is 12.5. The van der Waals surface area contributed by atoms with Crippen molar-refractivity contribution in [2.75, 3.05) is 18.1 Å². The molecule has 1 aliphatic rings. The van der Waals surface area contributed by atoms with Crippen LogP contribution in [0.25, 0.3) is 0 Å². The number of nitrogens with one attached hydrogen (secondary N) is 1. The zero-order chi connectivity index (χ0) is 20.7. The fourth-order valence-electron chi connectivity index (χ4n) is 2.72. The monoisotopic (exact) mass is 421 g/mol. The number of nitrogens with zero attached hydrogens (tertiary/aromatic N) is 5. The normalized spacial score (nSPS) is 22.1. The molecule has 1 aliphatic heterocycles. The zero-order valence-electron chi connectivity index (χ0n) is 15.4. The quantitative estimate of drug-likeness (QED) is 0.586. The number of nitriles is 1. The molecule has 0 aliphatic carbocycles. The number of thiazole rings is 1. The standard InChI is InChI=1S/C16H19N7O3S2/c1-9-4-10(5-17)6-19-12(9)13(24)20-11-7-27-14(21-11)16(2)8-28(25,26)23(3)15(18)22-16/h4,6-7,25-26H,8H2,1-3H3,(H2,18,22)(H,20,24)/t16-/m0/s1. The van der Waals surface area contributed by atoms with Crippen molar-refractivity contribution in [3.8, 4) is 6.07 Å². The Kier molecular flexibility index (Phi) is 5.02. The summed E-state index contributed by atoms with van der Waals surface area (Å²) in [6, 6.07) is 3.55. The molecule has 28 heavy (non-hydrogen) atoms. The highest BCUT2D eigenvalue weighted by Crippen LogP contribution is 2.51. The van der Waals surface area contributed by atoms with E-state index in [1.807, 2.05) is 6.07 Å². The summed E-state index contributed by atoms with van der Waals surface area (Å²) >= 11 is 1.23. The molecule has 0 spiro atoms. The lowest BCUT2D eigenvalue weighted by Gasteiger charge is -2.48. The largest absolute Gasteiger partial charge is 0.369 e. The molecule has 0 aromatic carbocycles. The number of pyridine rings is 1. The number of aliphatic imine (C=N–C) groups is 1. The second-order valence-corrected chi connectivity index (χ2v) is 9.47. The third-order valence-electron chi connectivity index (χ3n) is 4.23. The van der Waals surface area contributed by atoms with E-state index in [0.29, 0.717) is 22.0 Å². The van der Waals surface area contributed by atoms with E-state index in [4.69, 9.17) is 11.0 Å². The topological polar surface area (TPSA) is 161 Å². The molecule has 3 rings (SSSR count). The van der Waals surface area contributed by atoms with Gasteiger partial charge in [-0.25, -0.2) is 19.3 Å². The first-order valence-corrected chi connectivity index (χ1v) is 10.6. The average Bonchev–Trinajstić information content (AvgIpc) is 3.08. The van der Waals surface area contributed by atoms with Crippen molar-refractivity contribution in [3.05, 3.63) is 39.5 Å². The van der Waals surface area contributed by atoms with Crippen LogP contribution in [-0.2, 0) is 5.54 Å². The zero-order valence-corrected chi connectivity index (χ0v) is 17.0. The van der Waals surface area contributed by atoms with Gasteiger partial charge in [-0.3, -0.25) is 13.9 Å². The number of guanidine groups is 1. The Morgan fingerprint density at radius 2 is 2.25 bits per heavy atom. The van der Waals surface area contributed by atoms with Crippen LogP contribution in [0.5, 0.6) is 0 Å². The first-order valence-electron chi connectivity index (χ1n) is 8.05. The second kappa shape index (κ2) is 7.02. The molecule has 0 unspecified atom stereocenters.